The van der Waals surface area contributed by atoms with Crippen molar-refractivity contribution in [2.45, 2.75) is 38.9 Å². The summed E-state index contributed by atoms with van der Waals surface area (Å²) in [5.41, 5.74) is 3.22. The van der Waals surface area contributed by atoms with Crippen molar-refractivity contribution in [3.63, 3.8) is 0 Å². The summed E-state index contributed by atoms with van der Waals surface area (Å²) in [6.07, 6.45) is 2.58. The van der Waals surface area contributed by atoms with Gasteiger partial charge in [0.15, 0.2) is 11.0 Å². The van der Waals surface area contributed by atoms with Crippen molar-refractivity contribution in [3.05, 3.63) is 47.9 Å². The lowest BCUT2D eigenvalue weighted by molar-refractivity contribution is -0.116. The SMILES string of the molecule is Cc1occc1-c1nnc(SCC(=O)N2CCc3ccccc32)n1CC(C)C. The Morgan fingerprint density at radius 1 is 1.25 bits per heavy atom. The van der Waals surface area contributed by atoms with Crippen LogP contribution in [0, 0.1) is 12.8 Å². The highest BCUT2D eigenvalue weighted by Gasteiger charge is 2.25. The zero-order valence-electron chi connectivity index (χ0n) is 16.4. The predicted octanol–water partition coefficient (Wildman–Crippen LogP) is 4.18. The van der Waals surface area contributed by atoms with Gasteiger partial charge in [-0.3, -0.25) is 4.79 Å². The van der Waals surface area contributed by atoms with Crippen molar-refractivity contribution in [1.29, 1.82) is 0 Å². The van der Waals surface area contributed by atoms with Crippen molar-refractivity contribution in [2.75, 3.05) is 17.2 Å². The van der Waals surface area contributed by atoms with E-state index < -0.39 is 0 Å². The van der Waals surface area contributed by atoms with E-state index in [-0.39, 0.29) is 5.91 Å². The van der Waals surface area contributed by atoms with E-state index >= 15 is 0 Å². The molecule has 0 aliphatic carbocycles. The second-order valence-electron chi connectivity index (χ2n) is 7.41. The van der Waals surface area contributed by atoms with Crippen LogP contribution in [0.5, 0.6) is 0 Å². The van der Waals surface area contributed by atoms with Crippen molar-refractivity contribution < 1.29 is 9.21 Å². The van der Waals surface area contributed by atoms with Gasteiger partial charge in [-0.05, 0) is 37.0 Å². The van der Waals surface area contributed by atoms with Crippen LogP contribution < -0.4 is 4.90 Å². The fourth-order valence-corrected chi connectivity index (χ4v) is 4.37. The Morgan fingerprint density at radius 2 is 2.07 bits per heavy atom. The van der Waals surface area contributed by atoms with Crippen LogP contribution in [-0.2, 0) is 17.8 Å². The molecule has 1 aromatic carbocycles. The number of aryl methyl sites for hydroxylation is 1. The van der Waals surface area contributed by atoms with Crippen LogP contribution in [0.15, 0.2) is 46.2 Å². The Morgan fingerprint density at radius 3 is 2.82 bits per heavy atom. The summed E-state index contributed by atoms with van der Waals surface area (Å²) in [4.78, 5) is 14.7. The Hall–Kier alpha value is -2.54. The molecule has 3 heterocycles. The summed E-state index contributed by atoms with van der Waals surface area (Å²) < 4.78 is 7.53. The molecule has 0 saturated heterocycles. The van der Waals surface area contributed by atoms with Crippen LogP contribution in [0.3, 0.4) is 0 Å². The van der Waals surface area contributed by atoms with E-state index in [1.807, 2.05) is 36.1 Å². The van der Waals surface area contributed by atoms with Crippen LogP contribution in [0.4, 0.5) is 5.69 Å². The molecule has 0 spiro atoms. The highest BCUT2D eigenvalue weighted by Crippen LogP contribution is 2.30. The summed E-state index contributed by atoms with van der Waals surface area (Å²) in [6.45, 7) is 7.78. The molecular weight excluding hydrogens is 372 g/mol. The van der Waals surface area contributed by atoms with Gasteiger partial charge < -0.3 is 13.9 Å². The van der Waals surface area contributed by atoms with E-state index in [1.165, 1.54) is 17.3 Å². The molecule has 0 radical (unpaired) electrons. The van der Waals surface area contributed by atoms with E-state index in [9.17, 15) is 4.79 Å². The number of fused-ring (bicyclic) bond motifs is 1. The fraction of sp³-hybridized carbons (Fsp3) is 0.381. The maximum absolute atomic E-state index is 12.8. The third-order valence-electron chi connectivity index (χ3n) is 4.88. The molecule has 7 heteroatoms. The van der Waals surface area contributed by atoms with Crippen molar-refractivity contribution in [3.8, 4) is 11.4 Å². The molecule has 0 fully saturated rings. The first kappa shape index (κ1) is 18.8. The second-order valence-corrected chi connectivity index (χ2v) is 8.36. The number of furan rings is 1. The standard InChI is InChI=1S/C21H24N4O2S/c1-14(2)12-25-20(17-9-11-27-15(17)3)22-23-21(25)28-13-19(26)24-10-8-16-6-4-5-7-18(16)24/h4-7,9,11,14H,8,10,12-13H2,1-3H3. The highest BCUT2D eigenvalue weighted by atomic mass is 32.2. The van der Waals surface area contributed by atoms with E-state index in [1.54, 1.807) is 6.26 Å². The summed E-state index contributed by atoms with van der Waals surface area (Å²) in [5, 5.41) is 9.53. The van der Waals surface area contributed by atoms with Crippen LogP contribution in [0.2, 0.25) is 0 Å². The van der Waals surface area contributed by atoms with Crippen molar-refractivity contribution in [2.24, 2.45) is 5.92 Å². The predicted molar refractivity (Wildman–Crippen MR) is 111 cm³/mol. The molecule has 0 atom stereocenters. The molecule has 1 aliphatic rings. The third kappa shape index (κ3) is 3.58. The minimum atomic E-state index is 0.107. The van der Waals surface area contributed by atoms with E-state index in [0.717, 1.165) is 47.5 Å². The molecule has 146 valence electrons. The molecule has 4 rings (SSSR count). The molecule has 6 nitrogen and oxygen atoms in total. The number of para-hydroxylation sites is 1. The molecular formula is C21H24N4O2S. The lowest BCUT2D eigenvalue weighted by Gasteiger charge is -2.17. The molecule has 2 aromatic heterocycles. The summed E-state index contributed by atoms with van der Waals surface area (Å²) in [7, 11) is 0. The highest BCUT2D eigenvalue weighted by molar-refractivity contribution is 7.99. The van der Waals surface area contributed by atoms with Gasteiger partial charge in [0.1, 0.15) is 5.76 Å². The zero-order chi connectivity index (χ0) is 19.7. The van der Waals surface area contributed by atoms with Crippen LogP contribution in [-0.4, -0.2) is 33.0 Å². The maximum Gasteiger partial charge on any atom is 0.237 e. The number of carbonyl (C=O) groups is 1. The molecule has 0 bridgehead atoms. The number of rotatable bonds is 6. The van der Waals surface area contributed by atoms with Gasteiger partial charge in [-0.15, -0.1) is 10.2 Å². The van der Waals surface area contributed by atoms with E-state index in [4.69, 9.17) is 4.42 Å². The number of amides is 1. The smallest absolute Gasteiger partial charge is 0.237 e. The lowest BCUT2D eigenvalue weighted by atomic mass is 10.2. The van der Waals surface area contributed by atoms with Gasteiger partial charge in [0.05, 0.1) is 17.6 Å². The number of thioether (sulfide) groups is 1. The Bertz CT molecular complexity index is 992. The third-order valence-corrected chi connectivity index (χ3v) is 5.83. The average molecular weight is 397 g/mol. The first-order chi connectivity index (χ1) is 13.5. The number of anilines is 1. The molecule has 0 unspecified atom stereocenters. The Kier molecular flexibility index (Phi) is 5.26. The van der Waals surface area contributed by atoms with Gasteiger partial charge in [0.25, 0.3) is 0 Å². The van der Waals surface area contributed by atoms with Crippen molar-refractivity contribution in [1.82, 2.24) is 14.8 Å². The Labute approximate surface area is 168 Å². The van der Waals surface area contributed by atoms with E-state index in [0.29, 0.717) is 11.7 Å². The number of aromatic nitrogens is 3. The van der Waals surface area contributed by atoms with Gasteiger partial charge in [0, 0.05) is 18.8 Å². The number of benzene rings is 1. The molecule has 1 amide bonds. The van der Waals surface area contributed by atoms with Crippen molar-refractivity contribution >= 4 is 23.4 Å². The van der Waals surface area contributed by atoms with Crippen LogP contribution in [0.25, 0.3) is 11.4 Å². The zero-order valence-corrected chi connectivity index (χ0v) is 17.2. The quantitative estimate of drug-likeness (QED) is 0.585. The molecule has 1 aliphatic heterocycles. The first-order valence-corrected chi connectivity index (χ1v) is 10.5. The summed E-state index contributed by atoms with van der Waals surface area (Å²) in [6, 6.07) is 10.0. The normalized spacial score (nSPS) is 13.4. The number of hydrogen-bond donors (Lipinski definition) is 0. The number of nitrogens with zero attached hydrogens (tertiary/aromatic N) is 4. The van der Waals surface area contributed by atoms with Gasteiger partial charge in [-0.2, -0.15) is 0 Å². The number of hydrogen-bond acceptors (Lipinski definition) is 5. The molecule has 3 aromatic rings. The molecule has 28 heavy (non-hydrogen) atoms. The van der Waals surface area contributed by atoms with Gasteiger partial charge in [-0.25, -0.2) is 0 Å². The largest absolute Gasteiger partial charge is 0.469 e. The van der Waals surface area contributed by atoms with Gasteiger partial charge >= 0.3 is 0 Å². The summed E-state index contributed by atoms with van der Waals surface area (Å²) in [5.74, 6) is 2.49. The van der Waals surface area contributed by atoms with Gasteiger partial charge in [-0.1, -0.05) is 43.8 Å². The number of carbonyl (C=O) groups excluding carboxylic acids is 1. The van der Waals surface area contributed by atoms with Crippen LogP contribution >= 0.6 is 11.8 Å². The Balaban J connectivity index is 1.53. The maximum atomic E-state index is 12.8. The van der Waals surface area contributed by atoms with E-state index in [2.05, 4.69) is 34.7 Å². The first-order valence-electron chi connectivity index (χ1n) is 9.53. The fourth-order valence-electron chi connectivity index (χ4n) is 3.54. The monoisotopic (exact) mass is 396 g/mol. The average Bonchev–Trinajstić information content (AvgIpc) is 3.38. The minimum Gasteiger partial charge on any atom is -0.469 e. The van der Waals surface area contributed by atoms with Crippen LogP contribution in [0.1, 0.15) is 25.2 Å². The molecule has 0 saturated carbocycles. The minimum absolute atomic E-state index is 0.107. The van der Waals surface area contributed by atoms with Gasteiger partial charge in [0.2, 0.25) is 5.91 Å². The topological polar surface area (TPSA) is 64.2 Å². The molecule has 0 N–H and O–H groups in total. The summed E-state index contributed by atoms with van der Waals surface area (Å²) >= 11 is 1.45. The lowest BCUT2D eigenvalue weighted by Crippen LogP contribution is -2.30. The second kappa shape index (κ2) is 7.83.